The lowest BCUT2D eigenvalue weighted by atomic mass is 10.2. The summed E-state index contributed by atoms with van der Waals surface area (Å²) in [5.74, 6) is 0.947. The van der Waals surface area contributed by atoms with Crippen molar-refractivity contribution in [2.45, 2.75) is 19.5 Å². The molecule has 0 aliphatic heterocycles. The number of rotatable bonds is 7. The van der Waals surface area contributed by atoms with Gasteiger partial charge >= 0.3 is 0 Å². The Balaban J connectivity index is 1.64. The molecule has 8 nitrogen and oxygen atoms in total. The van der Waals surface area contributed by atoms with Crippen molar-refractivity contribution in [1.29, 1.82) is 0 Å². The molecule has 0 spiro atoms. The summed E-state index contributed by atoms with van der Waals surface area (Å²) >= 11 is 0. The van der Waals surface area contributed by atoms with Crippen LogP contribution < -0.4 is 25.9 Å². The third kappa shape index (κ3) is 4.06. The number of carbonyl (C=O) groups excluding carboxylic acids is 1. The SMILES string of the molecule is COc1ccc(CNC(=O)CCn2[nH]c(=O)c3ccccc3c2=O)cc1OC. The number of aryl methyl sites for hydroxylation is 1. The average molecular weight is 383 g/mol. The van der Waals surface area contributed by atoms with Gasteiger partial charge in [0.05, 0.1) is 31.5 Å². The molecule has 0 saturated heterocycles. The Labute approximate surface area is 160 Å². The molecular formula is C20H21N3O5. The van der Waals surface area contributed by atoms with Gasteiger partial charge in [-0.1, -0.05) is 18.2 Å². The minimum atomic E-state index is -0.360. The van der Waals surface area contributed by atoms with E-state index in [4.69, 9.17) is 9.47 Å². The van der Waals surface area contributed by atoms with E-state index in [1.165, 1.54) is 4.68 Å². The molecule has 8 heteroatoms. The molecule has 1 aromatic heterocycles. The molecule has 0 radical (unpaired) electrons. The van der Waals surface area contributed by atoms with Crippen LogP contribution in [0.3, 0.4) is 0 Å². The maximum absolute atomic E-state index is 12.4. The molecule has 28 heavy (non-hydrogen) atoms. The first-order valence-corrected chi connectivity index (χ1v) is 8.73. The molecule has 1 heterocycles. The number of nitrogens with one attached hydrogen (secondary N) is 2. The first-order valence-electron chi connectivity index (χ1n) is 8.73. The number of hydrogen-bond donors (Lipinski definition) is 2. The summed E-state index contributed by atoms with van der Waals surface area (Å²) in [5, 5.41) is 5.97. The highest BCUT2D eigenvalue weighted by atomic mass is 16.5. The minimum Gasteiger partial charge on any atom is -0.493 e. The number of ether oxygens (including phenoxy) is 2. The van der Waals surface area contributed by atoms with E-state index in [0.717, 1.165) is 5.56 Å². The molecule has 2 aromatic carbocycles. The zero-order valence-corrected chi connectivity index (χ0v) is 15.7. The van der Waals surface area contributed by atoms with Crippen LogP contribution in [0.2, 0.25) is 0 Å². The number of amides is 1. The van der Waals surface area contributed by atoms with E-state index < -0.39 is 0 Å². The molecule has 2 N–H and O–H groups in total. The van der Waals surface area contributed by atoms with E-state index in [2.05, 4.69) is 10.4 Å². The molecule has 0 bridgehead atoms. The van der Waals surface area contributed by atoms with Crippen molar-refractivity contribution in [2.24, 2.45) is 0 Å². The lowest BCUT2D eigenvalue weighted by Crippen LogP contribution is -2.32. The lowest BCUT2D eigenvalue weighted by molar-refractivity contribution is -0.121. The van der Waals surface area contributed by atoms with Gasteiger partial charge in [-0.05, 0) is 29.8 Å². The maximum Gasteiger partial charge on any atom is 0.273 e. The number of fused-ring (bicyclic) bond motifs is 1. The number of carbonyl (C=O) groups is 1. The molecule has 0 atom stereocenters. The van der Waals surface area contributed by atoms with Crippen LogP contribution in [0.25, 0.3) is 10.8 Å². The summed E-state index contributed by atoms with van der Waals surface area (Å²) in [7, 11) is 3.10. The number of methoxy groups -OCH3 is 2. The predicted octanol–water partition coefficient (Wildman–Crippen LogP) is 1.41. The second kappa shape index (κ2) is 8.43. The van der Waals surface area contributed by atoms with E-state index in [1.807, 2.05) is 6.07 Å². The van der Waals surface area contributed by atoms with E-state index in [0.29, 0.717) is 28.8 Å². The van der Waals surface area contributed by atoms with Gasteiger partial charge in [0.25, 0.3) is 11.1 Å². The number of aromatic amines is 1. The monoisotopic (exact) mass is 383 g/mol. The lowest BCUT2D eigenvalue weighted by Gasteiger charge is -2.11. The molecule has 0 fully saturated rings. The standard InChI is InChI=1S/C20H21N3O5/c1-27-16-8-7-13(11-17(16)28-2)12-21-18(24)9-10-23-20(26)15-6-4-3-5-14(15)19(25)22-23/h3-8,11H,9-10,12H2,1-2H3,(H,21,24)(H,22,25). The van der Waals surface area contributed by atoms with E-state index in [-0.39, 0.29) is 30.0 Å². The summed E-state index contributed by atoms with van der Waals surface area (Å²) < 4.78 is 11.6. The largest absolute Gasteiger partial charge is 0.493 e. The normalized spacial score (nSPS) is 10.6. The number of hydrogen-bond acceptors (Lipinski definition) is 5. The summed E-state index contributed by atoms with van der Waals surface area (Å²) in [4.78, 5) is 36.7. The Morgan fingerprint density at radius 3 is 2.46 bits per heavy atom. The number of nitrogens with zero attached hydrogens (tertiary/aromatic N) is 1. The highest BCUT2D eigenvalue weighted by Gasteiger charge is 2.09. The molecule has 0 saturated carbocycles. The first kappa shape index (κ1) is 19.2. The fourth-order valence-electron chi connectivity index (χ4n) is 2.90. The topological polar surface area (TPSA) is 102 Å². The zero-order valence-electron chi connectivity index (χ0n) is 15.7. The minimum absolute atomic E-state index is 0.0570. The first-order chi connectivity index (χ1) is 13.5. The van der Waals surface area contributed by atoms with Gasteiger partial charge in [0, 0.05) is 13.0 Å². The quantitative estimate of drug-likeness (QED) is 0.642. The molecular weight excluding hydrogens is 362 g/mol. The Bertz CT molecular complexity index is 1120. The van der Waals surface area contributed by atoms with Crippen molar-refractivity contribution in [1.82, 2.24) is 15.1 Å². The third-order valence-corrected chi connectivity index (χ3v) is 4.38. The van der Waals surface area contributed by atoms with Gasteiger partial charge < -0.3 is 14.8 Å². The van der Waals surface area contributed by atoms with Crippen LogP contribution in [0, 0.1) is 0 Å². The van der Waals surface area contributed by atoms with E-state index in [9.17, 15) is 14.4 Å². The van der Waals surface area contributed by atoms with Crippen LogP contribution in [0.4, 0.5) is 0 Å². The van der Waals surface area contributed by atoms with Crippen LogP contribution in [0.5, 0.6) is 11.5 Å². The number of aromatic nitrogens is 2. The van der Waals surface area contributed by atoms with Gasteiger partial charge in [-0.3, -0.25) is 19.5 Å². The van der Waals surface area contributed by atoms with Gasteiger partial charge in [-0.15, -0.1) is 0 Å². The second-order valence-corrected chi connectivity index (χ2v) is 6.16. The molecule has 1 amide bonds. The van der Waals surface area contributed by atoms with E-state index >= 15 is 0 Å². The zero-order chi connectivity index (χ0) is 20.1. The van der Waals surface area contributed by atoms with Crippen molar-refractivity contribution in [3.05, 3.63) is 68.7 Å². The fraction of sp³-hybridized carbons (Fsp3) is 0.250. The number of benzene rings is 2. The van der Waals surface area contributed by atoms with Crippen molar-refractivity contribution in [2.75, 3.05) is 14.2 Å². The molecule has 3 aromatic rings. The Morgan fingerprint density at radius 1 is 1.04 bits per heavy atom. The van der Waals surface area contributed by atoms with Gasteiger partial charge in [-0.2, -0.15) is 0 Å². The van der Waals surface area contributed by atoms with Crippen LogP contribution >= 0.6 is 0 Å². The van der Waals surface area contributed by atoms with Crippen molar-refractivity contribution >= 4 is 16.7 Å². The predicted molar refractivity (Wildman–Crippen MR) is 105 cm³/mol. The van der Waals surface area contributed by atoms with Crippen LogP contribution in [0.15, 0.2) is 52.1 Å². The molecule has 0 unspecified atom stereocenters. The highest BCUT2D eigenvalue weighted by Crippen LogP contribution is 2.27. The van der Waals surface area contributed by atoms with Crippen molar-refractivity contribution < 1.29 is 14.3 Å². The van der Waals surface area contributed by atoms with Crippen LogP contribution in [0.1, 0.15) is 12.0 Å². The van der Waals surface area contributed by atoms with Crippen LogP contribution in [-0.2, 0) is 17.9 Å². The Morgan fingerprint density at radius 2 is 1.75 bits per heavy atom. The summed E-state index contributed by atoms with van der Waals surface area (Å²) in [5.41, 5.74) is 0.158. The maximum atomic E-state index is 12.4. The average Bonchev–Trinajstić information content (AvgIpc) is 2.73. The van der Waals surface area contributed by atoms with Gasteiger partial charge in [0.15, 0.2) is 11.5 Å². The molecule has 0 aliphatic carbocycles. The summed E-state index contributed by atoms with van der Waals surface area (Å²) in [6.07, 6.45) is 0.0570. The van der Waals surface area contributed by atoms with Gasteiger partial charge in [0.1, 0.15) is 0 Å². The third-order valence-electron chi connectivity index (χ3n) is 4.38. The highest BCUT2D eigenvalue weighted by molar-refractivity contribution is 5.80. The smallest absolute Gasteiger partial charge is 0.273 e. The van der Waals surface area contributed by atoms with E-state index in [1.54, 1.807) is 50.6 Å². The molecule has 3 rings (SSSR count). The summed E-state index contributed by atoms with van der Waals surface area (Å²) in [6, 6.07) is 12.0. The Hall–Kier alpha value is -3.55. The van der Waals surface area contributed by atoms with Gasteiger partial charge in [-0.25, -0.2) is 4.68 Å². The van der Waals surface area contributed by atoms with Gasteiger partial charge in [0.2, 0.25) is 5.91 Å². The number of H-pyrrole nitrogens is 1. The van der Waals surface area contributed by atoms with Crippen LogP contribution in [-0.4, -0.2) is 29.9 Å². The summed E-state index contributed by atoms with van der Waals surface area (Å²) in [6.45, 7) is 0.388. The van der Waals surface area contributed by atoms with Crippen molar-refractivity contribution in [3.8, 4) is 11.5 Å². The molecule has 0 aliphatic rings. The second-order valence-electron chi connectivity index (χ2n) is 6.16. The Kier molecular flexibility index (Phi) is 5.78. The van der Waals surface area contributed by atoms with Crippen molar-refractivity contribution in [3.63, 3.8) is 0 Å². The molecule has 146 valence electrons. The fourth-order valence-corrected chi connectivity index (χ4v) is 2.90.